The van der Waals surface area contributed by atoms with Gasteiger partial charge in [0.05, 0.1) is 27.8 Å². The molecule has 2 amide bonds. The molecule has 4 aromatic rings. The summed E-state index contributed by atoms with van der Waals surface area (Å²) in [6.07, 6.45) is 14.2. The van der Waals surface area contributed by atoms with Gasteiger partial charge >= 0.3 is 29.6 Å². The van der Waals surface area contributed by atoms with Crippen LogP contribution >= 0.6 is 11.6 Å². The van der Waals surface area contributed by atoms with Crippen LogP contribution in [0, 0.1) is 24.7 Å². The van der Waals surface area contributed by atoms with Crippen LogP contribution in [0.3, 0.4) is 0 Å². The summed E-state index contributed by atoms with van der Waals surface area (Å²) in [7, 11) is -3.52. The van der Waals surface area contributed by atoms with E-state index in [0.717, 1.165) is 70.4 Å². The van der Waals surface area contributed by atoms with E-state index in [1.165, 1.54) is 38.1 Å². The van der Waals surface area contributed by atoms with Crippen molar-refractivity contribution in [1.29, 1.82) is 0 Å². The molecule has 12 rings (SSSR count). The van der Waals surface area contributed by atoms with Crippen LogP contribution in [-0.2, 0) is 20.9 Å². The molecule has 8 fully saturated rings. The number of rotatable bonds is 11. The molecule has 4 saturated heterocycles. The smallest absolute Gasteiger partial charge is 0.772 e. The first-order valence-corrected chi connectivity index (χ1v) is 29.7. The predicted octanol–water partition coefficient (Wildman–Crippen LogP) is 5.72. The molecule has 0 radical (unpaired) electrons. The molecule has 4 aliphatic heterocycles. The Bertz CT molecular complexity index is 3010. The van der Waals surface area contributed by atoms with Gasteiger partial charge in [-0.05, 0) is 114 Å². The number of hydrogen-bond donors (Lipinski definition) is 2. The minimum atomic E-state index is -3.52. The number of amides is 2. The van der Waals surface area contributed by atoms with Crippen LogP contribution in [0.4, 0.5) is 52.5 Å². The van der Waals surface area contributed by atoms with Gasteiger partial charge in [0.15, 0.2) is 14.9 Å². The Kier molecular flexibility index (Phi) is 17.4. The molecule has 8 heterocycles. The fourth-order valence-electron chi connectivity index (χ4n) is 10.4. The third-order valence-electron chi connectivity index (χ3n) is 16.2. The molecule has 4 saturated carbocycles. The first kappa shape index (κ1) is 58.3. The quantitative estimate of drug-likeness (QED) is 0.0794. The molecule has 2 N–H and O–H groups in total. The Morgan fingerprint density at radius 2 is 1.00 bits per heavy atom. The second-order valence-corrected chi connectivity index (χ2v) is 26.0. The second kappa shape index (κ2) is 23.3. The molecule has 4 aromatic heterocycles. The van der Waals surface area contributed by atoms with Crippen LogP contribution in [0.15, 0.2) is 41.7 Å². The van der Waals surface area contributed by atoms with Crippen LogP contribution < -0.4 is 59.8 Å². The van der Waals surface area contributed by atoms with Gasteiger partial charge in [-0.15, -0.1) is 0 Å². The van der Waals surface area contributed by atoms with E-state index >= 15 is 0 Å². The number of hydrogen-bond acceptors (Lipinski definition) is 16. The van der Waals surface area contributed by atoms with Crippen molar-refractivity contribution >= 4 is 79.2 Å². The number of sulfone groups is 1. The van der Waals surface area contributed by atoms with Crippen LogP contribution in [0.25, 0.3) is 0 Å². The number of halogens is 5. The molecular weight excluding hydrogens is 1090 g/mol. The Balaban J connectivity index is 0.000000170. The van der Waals surface area contributed by atoms with Crippen LogP contribution in [0.1, 0.15) is 135 Å². The van der Waals surface area contributed by atoms with Gasteiger partial charge in [-0.2, -0.15) is 9.97 Å². The maximum Gasteiger partial charge on any atom is 1.00 e. The average Bonchev–Trinajstić information content (AvgIpc) is 4.19. The van der Waals surface area contributed by atoms with Gasteiger partial charge in [0.1, 0.15) is 16.8 Å². The summed E-state index contributed by atoms with van der Waals surface area (Å²) in [5.74, 6) is -4.90. The summed E-state index contributed by atoms with van der Waals surface area (Å²) in [5, 5.41) is 5.65. The SMILES string of the molecule is Cc1cc(NC(=O)c2cnc(Cl)cc2N2CCC3(CC2)CC3)nc(N2CCC(F)(F)CC2)n1.Cc1cc(NC(=O)c2cnc(S(=O)(=O)C3CC3)cc2N2CCC3(CC2)CC3)nc(N2CCC(F)(F)CC2)n1.O=S([O-])C1CC1.[Na+]. The van der Waals surface area contributed by atoms with Crippen molar-refractivity contribution in [3.05, 3.63) is 64.3 Å². The molecular formula is C52H64ClF4N12NaO6S2. The fraction of sp³-hybridized carbons (Fsp3) is 0.615. The van der Waals surface area contributed by atoms with Crippen molar-refractivity contribution in [3.63, 3.8) is 0 Å². The molecule has 0 bridgehead atoms. The molecule has 416 valence electrons. The zero-order valence-electron chi connectivity index (χ0n) is 44.2. The number of carbonyl (C=O) groups excluding carboxylic acids is 2. The van der Waals surface area contributed by atoms with E-state index in [-0.39, 0.29) is 109 Å². The first-order valence-electron chi connectivity index (χ1n) is 26.6. The summed E-state index contributed by atoms with van der Waals surface area (Å²) < 4.78 is 99.7. The fourth-order valence-corrected chi connectivity index (χ4v) is 12.7. The van der Waals surface area contributed by atoms with Crippen molar-refractivity contribution in [2.24, 2.45) is 10.8 Å². The standard InChI is InChI=1S/C26H32F2N6O3S.C23H27ClF2N6O.C3H6O2S.Na/c1-17-14-21(32-24(30-17)34-12-8-26(27,28)9-13-34)31-23(35)19-16-29-22(38(36,37)18-2-3-18)15-20(19)33-10-6-25(4-5-25)7-11-33;1-15-12-19(30-21(28-15)32-10-6-23(25,26)7-11-32)29-20(33)16-14-27-18(24)13-17(16)31-8-4-22(2-3-22)5-9-31;4-6(5)3-1-2-3;/h14-16,18H,2-13H2,1H3,(H,30,31,32,35);12-14H,2-11H2,1H3,(H,28,29,30,33);3H,1-2H2,(H,4,5);/q;;;+1/p-1. The number of nitrogens with one attached hydrogen (secondary N) is 2. The number of piperidine rings is 4. The van der Waals surface area contributed by atoms with Gasteiger partial charge in [0, 0.05) is 119 Å². The third-order valence-corrected chi connectivity index (χ3v) is 19.6. The second-order valence-electron chi connectivity index (χ2n) is 22.2. The van der Waals surface area contributed by atoms with Gasteiger partial charge in [-0.3, -0.25) is 13.8 Å². The van der Waals surface area contributed by atoms with E-state index in [0.29, 0.717) is 69.2 Å². The summed E-state index contributed by atoms with van der Waals surface area (Å²) in [4.78, 5) is 60.4. The van der Waals surface area contributed by atoms with E-state index < -0.39 is 43.9 Å². The molecule has 0 aromatic carbocycles. The summed E-state index contributed by atoms with van der Waals surface area (Å²) in [6, 6.07) is 6.58. The van der Waals surface area contributed by atoms with Crippen molar-refractivity contribution in [2.75, 3.05) is 82.6 Å². The number of pyridine rings is 2. The Morgan fingerprint density at radius 1 is 0.603 bits per heavy atom. The topological polar surface area (TPSA) is 223 Å². The van der Waals surface area contributed by atoms with Crippen molar-refractivity contribution in [2.45, 2.75) is 144 Å². The van der Waals surface area contributed by atoms with E-state index in [1.807, 2.05) is 0 Å². The van der Waals surface area contributed by atoms with Crippen LogP contribution in [-0.4, -0.2) is 134 Å². The molecule has 78 heavy (non-hydrogen) atoms. The minimum Gasteiger partial charge on any atom is -0.772 e. The van der Waals surface area contributed by atoms with Crippen molar-refractivity contribution in [3.8, 4) is 0 Å². The van der Waals surface area contributed by atoms with E-state index in [9.17, 15) is 44.3 Å². The molecule has 26 heteroatoms. The van der Waals surface area contributed by atoms with Crippen LogP contribution in [0.5, 0.6) is 0 Å². The normalized spacial score (nSPS) is 21.9. The molecule has 1 atom stereocenters. The predicted molar refractivity (Wildman–Crippen MR) is 284 cm³/mol. The molecule has 1 unspecified atom stereocenters. The van der Waals surface area contributed by atoms with Crippen molar-refractivity contribution < 1.29 is 73.9 Å². The Hall–Kier alpha value is -4.33. The number of alkyl halides is 4. The number of aryl methyl sites for hydroxylation is 2. The number of anilines is 6. The average molecular weight is 1150 g/mol. The Labute approximate surface area is 481 Å². The van der Waals surface area contributed by atoms with E-state index in [1.54, 1.807) is 47.9 Å². The zero-order chi connectivity index (χ0) is 54.5. The molecule has 8 aliphatic rings. The summed E-state index contributed by atoms with van der Waals surface area (Å²) in [6.45, 7) is 7.43. The van der Waals surface area contributed by atoms with Gasteiger partial charge < -0.3 is 34.8 Å². The molecule has 4 aliphatic carbocycles. The van der Waals surface area contributed by atoms with Gasteiger partial charge in [0.25, 0.3) is 23.7 Å². The van der Waals surface area contributed by atoms with Crippen molar-refractivity contribution in [1.82, 2.24) is 29.9 Å². The summed E-state index contributed by atoms with van der Waals surface area (Å²) >= 11 is 4.41. The maximum atomic E-state index is 13.6. The number of carbonyl (C=O) groups is 2. The zero-order valence-corrected chi connectivity index (χ0v) is 48.6. The Morgan fingerprint density at radius 3 is 1.37 bits per heavy atom. The molecule has 18 nitrogen and oxygen atoms in total. The van der Waals surface area contributed by atoms with E-state index in [2.05, 4.69) is 50.3 Å². The number of nitrogens with zero attached hydrogens (tertiary/aromatic N) is 10. The summed E-state index contributed by atoms with van der Waals surface area (Å²) in [5.41, 5.74) is 4.23. The van der Waals surface area contributed by atoms with E-state index in [4.69, 9.17) is 11.6 Å². The number of aromatic nitrogens is 6. The maximum absolute atomic E-state index is 13.6. The van der Waals surface area contributed by atoms with Gasteiger partial charge in [0.2, 0.25) is 11.9 Å². The van der Waals surface area contributed by atoms with Gasteiger partial charge in [-0.1, -0.05) is 22.7 Å². The third kappa shape index (κ3) is 14.4. The monoisotopic (exact) mass is 1150 g/mol. The van der Waals surface area contributed by atoms with Crippen LogP contribution in [0.2, 0.25) is 5.15 Å². The largest absolute Gasteiger partial charge is 1.00 e. The molecule has 2 spiro atoms. The minimum absolute atomic E-state index is 0. The van der Waals surface area contributed by atoms with Gasteiger partial charge in [-0.25, -0.2) is 45.9 Å². The first-order chi connectivity index (χ1) is 36.6.